The van der Waals surface area contributed by atoms with Gasteiger partial charge in [0.1, 0.15) is 11.8 Å². The number of thiazole rings is 1. The van der Waals surface area contributed by atoms with Gasteiger partial charge in [0.25, 0.3) is 0 Å². The van der Waals surface area contributed by atoms with Crippen LogP contribution < -0.4 is 15.1 Å². The van der Waals surface area contributed by atoms with Crippen LogP contribution in [-0.2, 0) is 26.3 Å². The first-order chi connectivity index (χ1) is 16.2. The van der Waals surface area contributed by atoms with Gasteiger partial charge in [-0.2, -0.15) is 0 Å². The summed E-state index contributed by atoms with van der Waals surface area (Å²) in [5, 5.41) is 3.18. The minimum absolute atomic E-state index is 0.178. The Bertz CT molecular complexity index is 1370. The summed E-state index contributed by atoms with van der Waals surface area (Å²) in [6.45, 7) is 3.58. The molecule has 2 aliphatic rings. The smallest absolute Gasteiger partial charge is 0.308 e. The van der Waals surface area contributed by atoms with Crippen LogP contribution >= 0.6 is 34.7 Å². The Morgan fingerprint density at radius 1 is 1.03 bits per heavy atom. The fourth-order valence-electron chi connectivity index (χ4n) is 4.48. The number of hydrogen-bond acceptors (Lipinski definition) is 6. The lowest BCUT2D eigenvalue weighted by atomic mass is 9.76. The van der Waals surface area contributed by atoms with Crippen LogP contribution in [0.3, 0.4) is 0 Å². The zero-order valence-corrected chi connectivity index (χ0v) is 20.7. The van der Waals surface area contributed by atoms with Crippen molar-refractivity contribution in [1.29, 1.82) is 0 Å². The van der Waals surface area contributed by atoms with Gasteiger partial charge in [-0.25, -0.2) is 4.90 Å². The fourth-order valence-corrected chi connectivity index (χ4v) is 7.64. The van der Waals surface area contributed by atoms with E-state index in [1.165, 1.54) is 21.2 Å². The number of rotatable bonds is 4. The molecule has 2 atom stereocenters. The van der Waals surface area contributed by atoms with Crippen molar-refractivity contribution >= 4 is 63.8 Å². The van der Waals surface area contributed by atoms with Gasteiger partial charge in [0.05, 0.1) is 16.6 Å². The summed E-state index contributed by atoms with van der Waals surface area (Å²) in [7, 11) is 0. The predicted molar refractivity (Wildman–Crippen MR) is 134 cm³/mol. The zero-order valence-electron chi connectivity index (χ0n) is 18.3. The molecule has 34 heavy (non-hydrogen) atoms. The summed E-state index contributed by atoms with van der Waals surface area (Å²) in [5.41, 5.74) is 0.338. The van der Waals surface area contributed by atoms with Gasteiger partial charge in [0, 0.05) is 21.0 Å². The molecule has 3 heterocycles. The number of fused-ring (bicyclic) bond motifs is 2. The second-order valence-electron chi connectivity index (χ2n) is 8.73. The van der Waals surface area contributed by atoms with Crippen LogP contribution in [0.15, 0.2) is 64.4 Å². The van der Waals surface area contributed by atoms with E-state index >= 15 is 0 Å². The van der Waals surface area contributed by atoms with Crippen LogP contribution in [0, 0.1) is 5.92 Å². The lowest BCUT2D eigenvalue weighted by molar-refractivity contribution is -0.123. The number of amides is 3. The molecule has 1 aromatic heterocycles. The number of hydrogen-bond donors (Lipinski definition) is 1. The van der Waals surface area contributed by atoms with Crippen molar-refractivity contribution in [1.82, 2.24) is 4.57 Å². The Hall–Kier alpha value is -2.88. The average molecular weight is 514 g/mol. The first kappa shape index (κ1) is 22.9. The van der Waals surface area contributed by atoms with Gasteiger partial charge >= 0.3 is 4.87 Å². The highest BCUT2D eigenvalue weighted by atomic mass is 35.5. The van der Waals surface area contributed by atoms with Crippen LogP contribution in [0.25, 0.3) is 0 Å². The van der Waals surface area contributed by atoms with E-state index in [-0.39, 0.29) is 29.1 Å². The first-order valence-corrected chi connectivity index (χ1v) is 12.6. The summed E-state index contributed by atoms with van der Waals surface area (Å²) < 4.78 is 1.41. The third kappa shape index (κ3) is 3.68. The van der Waals surface area contributed by atoms with Gasteiger partial charge in [-0.05, 0) is 36.4 Å². The molecule has 0 aliphatic carbocycles. The number of aromatic nitrogens is 1. The molecule has 1 N–H and O–H groups in total. The molecule has 174 valence electrons. The molecule has 0 bridgehead atoms. The maximum absolute atomic E-state index is 13.4. The maximum Gasteiger partial charge on any atom is 0.308 e. The van der Waals surface area contributed by atoms with Crippen molar-refractivity contribution in [3.8, 4) is 0 Å². The number of nitrogens with one attached hydrogen (secondary N) is 1. The summed E-state index contributed by atoms with van der Waals surface area (Å²) in [6, 6.07) is 15.6. The van der Waals surface area contributed by atoms with Crippen molar-refractivity contribution in [2.75, 3.05) is 10.2 Å². The van der Waals surface area contributed by atoms with Crippen molar-refractivity contribution in [2.24, 2.45) is 5.92 Å². The van der Waals surface area contributed by atoms with Crippen molar-refractivity contribution in [2.45, 2.75) is 36.1 Å². The lowest BCUT2D eigenvalue weighted by Crippen LogP contribution is -2.41. The summed E-state index contributed by atoms with van der Waals surface area (Å²) in [4.78, 5) is 54.0. The van der Waals surface area contributed by atoms with E-state index in [2.05, 4.69) is 5.32 Å². The first-order valence-electron chi connectivity index (χ1n) is 10.6. The van der Waals surface area contributed by atoms with Crippen molar-refractivity contribution < 1.29 is 14.4 Å². The highest BCUT2D eigenvalue weighted by Gasteiger charge is 2.59. The molecule has 5 rings (SSSR count). The van der Waals surface area contributed by atoms with E-state index in [1.54, 1.807) is 36.4 Å². The Morgan fingerprint density at radius 2 is 1.71 bits per heavy atom. The van der Waals surface area contributed by atoms with Crippen LogP contribution in [0.5, 0.6) is 0 Å². The topological polar surface area (TPSA) is 88.5 Å². The van der Waals surface area contributed by atoms with Crippen molar-refractivity contribution in [3.63, 3.8) is 0 Å². The predicted octanol–water partition coefficient (Wildman–Crippen LogP) is 4.14. The largest absolute Gasteiger partial charge is 0.325 e. The van der Waals surface area contributed by atoms with Crippen LogP contribution in [-0.4, -0.2) is 27.5 Å². The summed E-state index contributed by atoms with van der Waals surface area (Å²) >= 11 is 8.20. The Kier molecular flexibility index (Phi) is 5.66. The highest BCUT2D eigenvalue weighted by Crippen LogP contribution is 2.54. The summed E-state index contributed by atoms with van der Waals surface area (Å²) in [6.07, 6.45) is 0. The van der Waals surface area contributed by atoms with E-state index in [1.807, 2.05) is 32.0 Å². The number of halogens is 1. The second-order valence-corrected chi connectivity index (χ2v) is 11.3. The zero-order chi connectivity index (χ0) is 24.2. The third-order valence-corrected chi connectivity index (χ3v) is 9.22. The number of carbonyl (C=O) groups is 3. The number of imide groups is 1. The lowest BCUT2D eigenvalue weighted by Gasteiger charge is -2.36. The fraction of sp³-hybridized carbons (Fsp3) is 0.250. The second kappa shape index (κ2) is 8.41. The molecule has 0 spiro atoms. The number of benzene rings is 2. The molecule has 0 saturated carbocycles. The molecule has 10 heteroatoms. The minimum atomic E-state index is -0.760. The Morgan fingerprint density at radius 3 is 2.38 bits per heavy atom. The van der Waals surface area contributed by atoms with E-state index in [0.717, 1.165) is 16.2 Å². The molecule has 1 fully saturated rings. The van der Waals surface area contributed by atoms with Gasteiger partial charge in [0.15, 0.2) is 0 Å². The molecule has 2 aliphatic heterocycles. The Balaban J connectivity index is 1.48. The van der Waals surface area contributed by atoms with Crippen molar-refractivity contribution in [3.05, 3.63) is 74.2 Å². The van der Waals surface area contributed by atoms with E-state index < -0.39 is 16.6 Å². The molecule has 0 radical (unpaired) electrons. The number of para-hydroxylation sites is 1. The molecule has 2 aromatic carbocycles. The molecule has 3 aromatic rings. The van der Waals surface area contributed by atoms with Gasteiger partial charge in [-0.1, -0.05) is 66.7 Å². The SMILES string of the molecule is CC1(C)c2sc(=O)n(CC(=O)Nc3ccccc3)c2SC2C(=O)N(c3ccc(Cl)cc3)C(=O)C21. The van der Waals surface area contributed by atoms with Gasteiger partial charge in [-0.15, -0.1) is 0 Å². The average Bonchev–Trinajstić information content (AvgIpc) is 3.24. The quantitative estimate of drug-likeness (QED) is 0.530. The van der Waals surface area contributed by atoms with Gasteiger partial charge < -0.3 is 5.32 Å². The summed E-state index contributed by atoms with van der Waals surface area (Å²) in [5.74, 6) is -1.60. The normalized spacial score (nSPS) is 20.7. The Labute approximate surface area is 208 Å². The standard InChI is InChI=1S/C24H20ClN3O4S2/c1-24(2)17-18(21(31)28(20(17)30)15-10-8-13(25)9-11-15)33-22-19(24)34-23(32)27(22)12-16(29)26-14-6-4-3-5-7-14/h3-11,17-18H,12H2,1-2H3,(H,26,29). The van der Waals surface area contributed by atoms with E-state index in [0.29, 0.717) is 21.4 Å². The van der Waals surface area contributed by atoms with Crippen LogP contribution in [0.2, 0.25) is 5.02 Å². The molecule has 7 nitrogen and oxygen atoms in total. The highest BCUT2D eigenvalue weighted by molar-refractivity contribution is 8.00. The van der Waals surface area contributed by atoms with Gasteiger partial charge in [0.2, 0.25) is 17.7 Å². The number of thioether (sulfide) groups is 1. The van der Waals surface area contributed by atoms with Crippen LogP contribution in [0.1, 0.15) is 18.7 Å². The molecule has 1 saturated heterocycles. The molecule has 2 unspecified atom stereocenters. The van der Waals surface area contributed by atoms with E-state index in [4.69, 9.17) is 11.6 Å². The third-order valence-electron chi connectivity index (χ3n) is 6.15. The molecule has 3 amide bonds. The monoisotopic (exact) mass is 513 g/mol. The number of anilines is 2. The van der Waals surface area contributed by atoms with Crippen LogP contribution in [0.4, 0.5) is 11.4 Å². The molecular formula is C24H20ClN3O4S2. The maximum atomic E-state index is 13.4. The van der Waals surface area contributed by atoms with E-state index in [9.17, 15) is 19.2 Å². The number of carbonyl (C=O) groups excluding carboxylic acids is 3. The van der Waals surface area contributed by atoms with Gasteiger partial charge in [-0.3, -0.25) is 23.7 Å². The molecular weight excluding hydrogens is 494 g/mol. The number of nitrogens with zero attached hydrogens (tertiary/aromatic N) is 2. The minimum Gasteiger partial charge on any atom is -0.325 e.